The first-order chi connectivity index (χ1) is 12.1. The monoisotopic (exact) mass is 432 g/mol. The standard InChI is InChI=1S/C18H22Cl2N2O2S2/c1-18(2,3)22-26(23,24)14-8-7-12(15(19)16(14)20)17-13(21-10-25-17)9-11-5-4-6-11/h7-8,10-11,22H,4-6,9H2,1-3H3. The predicted molar refractivity (Wildman–Crippen MR) is 109 cm³/mol. The third kappa shape index (κ3) is 4.25. The number of nitrogens with zero attached hydrogens (tertiary/aromatic N) is 1. The molecular weight excluding hydrogens is 411 g/mol. The minimum atomic E-state index is -3.76. The first-order valence-electron chi connectivity index (χ1n) is 8.53. The van der Waals surface area contributed by atoms with Gasteiger partial charge >= 0.3 is 0 Å². The lowest BCUT2D eigenvalue weighted by Crippen LogP contribution is -2.40. The molecule has 1 aliphatic rings. The highest BCUT2D eigenvalue weighted by Crippen LogP contribution is 2.42. The Kier molecular flexibility index (Phi) is 5.71. The number of aromatic nitrogens is 1. The predicted octanol–water partition coefficient (Wildman–Crippen LogP) is 5.54. The molecular formula is C18H22Cl2N2O2S2. The summed E-state index contributed by atoms with van der Waals surface area (Å²) in [6.07, 6.45) is 4.69. The number of hydrogen-bond donors (Lipinski definition) is 1. The third-order valence-electron chi connectivity index (χ3n) is 4.37. The van der Waals surface area contributed by atoms with Crippen LogP contribution in [0.4, 0.5) is 0 Å². The number of rotatable bonds is 5. The number of benzene rings is 1. The molecule has 0 radical (unpaired) electrons. The molecule has 0 spiro atoms. The summed E-state index contributed by atoms with van der Waals surface area (Å²) in [7, 11) is -3.76. The summed E-state index contributed by atoms with van der Waals surface area (Å²) in [4.78, 5) is 5.45. The van der Waals surface area contributed by atoms with E-state index >= 15 is 0 Å². The van der Waals surface area contributed by atoms with Crippen molar-refractivity contribution in [2.45, 2.75) is 56.9 Å². The Morgan fingerprint density at radius 2 is 1.92 bits per heavy atom. The highest BCUT2D eigenvalue weighted by molar-refractivity contribution is 7.89. The van der Waals surface area contributed by atoms with Crippen LogP contribution in [-0.2, 0) is 16.4 Å². The van der Waals surface area contributed by atoms with Crippen LogP contribution in [0.15, 0.2) is 22.5 Å². The molecule has 1 aliphatic carbocycles. The molecule has 0 atom stereocenters. The van der Waals surface area contributed by atoms with Crippen molar-refractivity contribution in [2.24, 2.45) is 5.92 Å². The molecule has 3 rings (SSSR count). The van der Waals surface area contributed by atoms with E-state index in [0.717, 1.165) is 22.6 Å². The number of hydrogen-bond acceptors (Lipinski definition) is 4. The van der Waals surface area contributed by atoms with E-state index in [0.29, 0.717) is 5.92 Å². The zero-order valence-electron chi connectivity index (χ0n) is 15.0. The van der Waals surface area contributed by atoms with Gasteiger partial charge in [0.25, 0.3) is 0 Å². The van der Waals surface area contributed by atoms with E-state index in [1.54, 1.807) is 32.3 Å². The maximum absolute atomic E-state index is 12.6. The maximum atomic E-state index is 12.6. The molecule has 0 aliphatic heterocycles. The second kappa shape index (κ2) is 7.40. The summed E-state index contributed by atoms with van der Waals surface area (Å²) >= 11 is 14.3. The molecule has 0 amide bonds. The van der Waals surface area contributed by atoms with Gasteiger partial charge in [0.2, 0.25) is 10.0 Å². The zero-order chi connectivity index (χ0) is 19.1. The Hall–Kier alpha value is -0.660. The number of thiazole rings is 1. The maximum Gasteiger partial charge on any atom is 0.242 e. The molecule has 8 heteroatoms. The van der Waals surface area contributed by atoms with Gasteiger partial charge < -0.3 is 0 Å². The van der Waals surface area contributed by atoms with Gasteiger partial charge in [0.05, 0.1) is 26.1 Å². The molecule has 1 aromatic heterocycles. The molecule has 4 nitrogen and oxygen atoms in total. The normalized spacial score (nSPS) is 15.9. The van der Waals surface area contributed by atoms with Gasteiger partial charge in [-0.1, -0.05) is 48.5 Å². The fourth-order valence-corrected chi connectivity index (χ4v) is 6.17. The molecule has 2 aromatic rings. The Labute approximate surface area is 169 Å². The SMILES string of the molecule is CC(C)(C)NS(=O)(=O)c1ccc(-c2scnc2CC2CCC2)c(Cl)c1Cl. The largest absolute Gasteiger partial charge is 0.249 e. The third-order valence-corrected chi connectivity index (χ3v) is 8.07. The van der Waals surface area contributed by atoms with Crippen molar-refractivity contribution in [1.82, 2.24) is 9.71 Å². The fraction of sp³-hybridized carbons (Fsp3) is 0.500. The van der Waals surface area contributed by atoms with Crippen molar-refractivity contribution >= 4 is 44.6 Å². The topological polar surface area (TPSA) is 59.1 Å². The molecule has 0 saturated heterocycles. The first-order valence-corrected chi connectivity index (χ1v) is 11.6. The summed E-state index contributed by atoms with van der Waals surface area (Å²) in [6, 6.07) is 3.24. The van der Waals surface area contributed by atoms with E-state index in [1.807, 2.05) is 0 Å². The van der Waals surface area contributed by atoms with Gasteiger partial charge in [0.1, 0.15) is 4.90 Å². The summed E-state index contributed by atoms with van der Waals surface area (Å²) < 4.78 is 27.8. The van der Waals surface area contributed by atoms with Gasteiger partial charge in [-0.05, 0) is 39.2 Å². The molecule has 26 heavy (non-hydrogen) atoms. The van der Waals surface area contributed by atoms with Gasteiger partial charge in [0.15, 0.2) is 0 Å². The van der Waals surface area contributed by atoms with E-state index in [9.17, 15) is 8.42 Å². The van der Waals surface area contributed by atoms with E-state index in [2.05, 4.69) is 9.71 Å². The van der Waals surface area contributed by atoms with Crippen LogP contribution in [0.3, 0.4) is 0 Å². The second-order valence-electron chi connectivity index (χ2n) is 7.72. The molecule has 0 bridgehead atoms. The molecule has 1 saturated carbocycles. The molecule has 1 aromatic carbocycles. The van der Waals surface area contributed by atoms with E-state index in [1.165, 1.54) is 36.7 Å². The Balaban J connectivity index is 1.97. The Bertz CT molecular complexity index is 914. The van der Waals surface area contributed by atoms with Crippen LogP contribution >= 0.6 is 34.5 Å². The summed E-state index contributed by atoms with van der Waals surface area (Å²) in [5.74, 6) is 0.681. The van der Waals surface area contributed by atoms with Gasteiger partial charge in [-0.25, -0.2) is 18.1 Å². The van der Waals surface area contributed by atoms with Crippen molar-refractivity contribution < 1.29 is 8.42 Å². The van der Waals surface area contributed by atoms with Crippen LogP contribution in [0.5, 0.6) is 0 Å². The number of nitrogens with one attached hydrogen (secondary N) is 1. The highest BCUT2D eigenvalue weighted by atomic mass is 35.5. The van der Waals surface area contributed by atoms with E-state index in [-0.39, 0.29) is 14.9 Å². The Morgan fingerprint density at radius 1 is 1.23 bits per heavy atom. The minimum absolute atomic E-state index is 0.00657. The van der Waals surface area contributed by atoms with Crippen molar-refractivity contribution in [3.63, 3.8) is 0 Å². The van der Waals surface area contributed by atoms with Crippen molar-refractivity contribution in [3.8, 4) is 10.4 Å². The number of sulfonamides is 1. The quantitative estimate of drug-likeness (QED) is 0.674. The average Bonchev–Trinajstić information content (AvgIpc) is 2.91. The van der Waals surface area contributed by atoms with Gasteiger partial charge in [-0.3, -0.25) is 0 Å². The van der Waals surface area contributed by atoms with Gasteiger partial charge in [0, 0.05) is 11.1 Å². The lowest BCUT2D eigenvalue weighted by molar-refractivity contribution is 0.312. The summed E-state index contributed by atoms with van der Waals surface area (Å²) in [6.45, 7) is 5.33. The zero-order valence-corrected chi connectivity index (χ0v) is 18.1. The van der Waals surface area contributed by atoms with Crippen LogP contribution in [0.25, 0.3) is 10.4 Å². The smallest absolute Gasteiger partial charge is 0.242 e. The second-order valence-corrected chi connectivity index (χ2v) is 11.0. The van der Waals surface area contributed by atoms with Crippen LogP contribution in [-0.4, -0.2) is 18.9 Å². The lowest BCUT2D eigenvalue weighted by Gasteiger charge is -2.25. The van der Waals surface area contributed by atoms with Crippen LogP contribution < -0.4 is 4.72 Å². The van der Waals surface area contributed by atoms with Gasteiger partial charge in [-0.2, -0.15) is 0 Å². The average molecular weight is 433 g/mol. The minimum Gasteiger partial charge on any atom is -0.249 e. The number of halogens is 2. The molecule has 0 unspecified atom stereocenters. The molecule has 1 fully saturated rings. The van der Waals surface area contributed by atoms with Crippen molar-refractivity contribution in [3.05, 3.63) is 33.4 Å². The van der Waals surface area contributed by atoms with E-state index < -0.39 is 15.6 Å². The van der Waals surface area contributed by atoms with Crippen molar-refractivity contribution in [2.75, 3.05) is 0 Å². The Morgan fingerprint density at radius 3 is 2.50 bits per heavy atom. The molecule has 142 valence electrons. The van der Waals surface area contributed by atoms with E-state index in [4.69, 9.17) is 23.2 Å². The summed E-state index contributed by atoms with van der Waals surface area (Å²) in [5, 5.41) is 0.298. The molecule has 1 N–H and O–H groups in total. The van der Waals surface area contributed by atoms with Crippen LogP contribution in [0.2, 0.25) is 10.0 Å². The van der Waals surface area contributed by atoms with Crippen LogP contribution in [0.1, 0.15) is 45.7 Å². The molecule has 1 heterocycles. The first kappa shape index (κ1) is 20.1. The van der Waals surface area contributed by atoms with Crippen LogP contribution in [0, 0.1) is 5.92 Å². The van der Waals surface area contributed by atoms with Crippen molar-refractivity contribution in [1.29, 1.82) is 0 Å². The van der Waals surface area contributed by atoms with Gasteiger partial charge in [-0.15, -0.1) is 11.3 Å². The summed E-state index contributed by atoms with van der Waals surface area (Å²) in [5.41, 5.74) is 2.95. The highest BCUT2D eigenvalue weighted by Gasteiger charge is 2.27. The fourth-order valence-electron chi connectivity index (χ4n) is 2.98. The lowest BCUT2D eigenvalue weighted by atomic mass is 9.82.